The van der Waals surface area contributed by atoms with Crippen LogP contribution in [0.25, 0.3) is 5.82 Å². The van der Waals surface area contributed by atoms with Gasteiger partial charge in [0.1, 0.15) is 5.82 Å². The number of carbonyl (C=O) groups excluding carboxylic acids is 2. The van der Waals surface area contributed by atoms with Crippen molar-refractivity contribution in [1.82, 2.24) is 9.55 Å². The van der Waals surface area contributed by atoms with E-state index in [0.29, 0.717) is 21.8 Å². The summed E-state index contributed by atoms with van der Waals surface area (Å²) in [6.07, 6.45) is 1.73. The van der Waals surface area contributed by atoms with Gasteiger partial charge in [0.05, 0.1) is 10.4 Å². The van der Waals surface area contributed by atoms with Gasteiger partial charge in [-0.15, -0.1) is 11.3 Å². The van der Waals surface area contributed by atoms with Gasteiger partial charge in [-0.05, 0) is 61.7 Å². The first-order valence-electron chi connectivity index (χ1n) is 9.39. The maximum absolute atomic E-state index is 12.9. The number of nitrogens with zero attached hydrogens (tertiary/aromatic N) is 2. The minimum absolute atomic E-state index is 0.174. The van der Waals surface area contributed by atoms with Crippen LogP contribution in [0.1, 0.15) is 31.4 Å². The number of rotatable bonds is 5. The standard InChI is InChI=1S/C23H20N4O2S/c1-15-13-19(16(2)27(15)21-10-3-4-11-24-21)22(28)25-17-7-5-8-18(14-17)26-23(29)20-9-6-12-30-20/h3-14H,1-2H3,(H,25,28)(H,26,29). The third-order valence-corrected chi connectivity index (χ3v) is 5.55. The topological polar surface area (TPSA) is 76.0 Å². The molecule has 0 aliphatic carbocycles. The summed E-state index contributed by atoms with van der Waals surface area (Å²) in [7, 11) is 0. The van der Waals surface area contributed by atoms with E-state index >= 15 is 0 Å². The van der Waals surface area contributed by atoms with Crippen molar-refractivity contribution < 1.29 is 9.59 Å². The molecule has 0 radical (unpaired) electrons. The van der Waals surface area contributed by atoms with Crippen molar-refractivity contribution >= 4 is 34.5 Å². The molecule has 3 heterocycles. The highest BCUT2D eigenvalue weighted by Gasteiger charge is 2.17. The van der Waals surface area contributed by atoms with Crippen molar-refractivity contribution in [2.75, 3.05) is 10.6 Å². The molecule has 7 heteroatoms. The number of nitrogens with one attached hydrogen (secondary N) is 2. The number of hydrogen-bond donors (Lipinski definition) is 2. The van der Waals surface area contributed by atoms with E-state index in [0.717, 1.165) is 17.2 Å². The van der Waals surface area contributed by atoms with Crippen molar-refractivity contribution in [3.63, 3.8) is 0 Å². The summed E-state index contributed by atoms with van der Waals surface area (Å²) in [6.45, 7) is 3.84. The molecule has 0 bridgehead atoms. The fraction of sp³-hybridized carbons (Fsp3) is 0.0870. The molecule has 6 nitrogen and oxygen atoms in total. The average molecular weight is 417 g/mol. The van der Waals surface area contributed by atoms with Gasteiger partial charge in [-0.3, -0.25) is 9.59 Å². The van der Waals surface area contributed by atoms with Crippen molar-refractivity contribution in [1.29, 1.82) is 0 Å². The van der Waals surface area contributed by atoms with E-state index in [1.807, 2.05) is 54.1 Å². The molecule has 3 aromatic heterocycles. The van der Waals surface area contributed by atoms with Gasteiger partial charge in [0.2, 0.25) is 0 Å². The lowest BCUT2D eigenvalue weighted by Crippen LogP contribution is -2.14. The van der Waals surface area contributed by atoms with Crippen molar-refractivity contribution in [3.05, 3.63) is 94.1 Å². The van der Waals surface area contributed by atoms with E-state index in [1.54, 1.807) is 36.5 Å². The number of hydrogen-bond acceptors (Lipinski definition) is 4. The van der Waals surface area contributed by atoms with Crippen molar-refractivity contribution in [2.24, 2.45) is 0 Å². The molecule has 4 rings (SSSR count). The number of aryl methyl sites for hydroxylation is 1. The Labute approximate surface area is 178 Å². The fourth-order valence-electron chi connectivity index (χ4n) is 3.30. The van der Waals surface area contributed by atoms with Crippen LogP contribution >= 0.6 is 11.3 Å². The number of benzene rings is 1. The molecular formula is C23H20N4O2S. The Morgan fingerprint density at radius 1 is 0.900 bits per heavy atom. The zero-order valence-corrected chi connectivity index (χ0v) is 17.4. The lowest BCUT2D eigenvalue weighted by molar-refractivity contribution is 0.102. The van der Waals surface area contributed by atoms with Gasteiger partial charge in [0, 0.05) is 29.0 Å². The van der Waals surface area contributed by atoms with Crippen LogP contribution < -0.4 is 10.6 Å². The smallest absolute Gasteiger partial charge is 0.265 e. The second-order valence-corrected chi connectivity index (χ2v) is 7.72. The Morgan fingerprint density at radius 2 is 1.67 bits per heavy atom. The molecule has 2 amide bonds. The van der Waals surface area contributed by atoms with E-state index in [9.17, 15) is 9.59 Å². The van der Waals surface area contributed by atoms with Gasteiger partial charge < -0.3 is 15.2 Å². The summed E-state index contributed by atoms with van der Waals surface area (Å²) in [4.78, 5) is 30.2. The van der Waals surface area contributed by atoms with Gasteiger partial charge in [0.25, 0.3) is 11.8 Å². The second-order valence-electron chi connectivity index (χ2n) is 6.77. The molecule has 30 heavy (non-hydrogen) atoms. The Kier molecular flexibility index (Phi) is 5.45. The highest BCUT2D eigenvalue weighted by Crippen LogP contribution is 2.22. The zero-order chi connectivity index (χ0) is 21.1. The first kappa shape index (κ1) is 19.6. The summed E-state index contributed by atoms with van der Waals surface area (Å²) in [5, 5.41) is 7.62. The third-order valence-electron chi connectivity index (χ3n) is 4.68. The molecule has 0 aliphatic heterocycles. The van der Waals surface area contributed by atoms with E-state index < -0.39 is 0 Å². The first-order valence-corrected chi connectivity index (χ1v) is 10.3. The maximum atomic E-state index is 12.9. The quantitative estimate of drug-likeness (QED) is 0.478. The monoisotopic (exact) mass is 416 g/mol. The Balaban J connectivity index is 1.53. The Morgan fingerprint density at radius 3 is 2.33 bits per heavy atom. The molecule has 0 saturated heterocycles. The molecule has 0 atom stereocenters. The fourth-order valence-corrected chi connectivity index (χ4v) is 3.92. The number of anilines is 2. The number of pyridine rings is 1. The molecule has 0 spiro atoms. The van der Waals surface area contributed by atoms with E-state index in [-0.39, 0.29) is 11.8 Å². The normalized spacial score (nSPS) is 10.6. The molecule has 0 aliphatic rings. The average Bonchev–Trinajstić information content (AvgIpc) is 3.37. The predicted octanol–water partition coefficient (Wildman–Crippen LogP) is 5.06. The first-order chi connectivity index (χ1) is 14.5. The highest BCUT2D eigenvalue weighted by molar-refractivity contribution is 7.12. The lowest BCUT2D eigenvalue weighted by atomic mass is 10.2. The van der Waals surface area contributed by atoms with Gasteiger partial charge in [-0.1, -0.05) is 18.2 Å². The van der Waals surface area contributed by atoms with Gasteiger partial charge >= 0.3 is 0 Å². The summed E-state index contributed by atoms with van der Waals surface area (Å²) in [6, 6.07) is 18.2. The van der Waals surface area contributed by atoms with E-state index in [1.165, 1.54) is 11.3 Å². The third kappa shape index (κ3) is 4.01. The molecule has 2 N–H and O–H groups in total. The SMILES string of the molecule is Cc1cc(C(=O)Nc2cccc(NC(=O)c3cccs3)c2)c(C)n1-c1ccccn1. The van der Waals surface area contributed by atoms with Crippen LogP contribution in [0.3, 0.4) is 0 Å². The summed E-state index contributed by atoms with van der Waals surface area (Å²) >= 11 is 1.38. The minimum Gasteiger partial charge on any atom is -0.322 e. The Hall–Kier alpha value is -3.71. The minimum atomic E-state index is -0.216. The zero-order valence-electron chi connectivity index (χ0n) is 16.5. The van der Waals surface area contributed by atoms with Gasteiger partial charge in [0.15, 0.2) is 0 Å². The molecule has 150 valence electrons. The molecule has 4 aromatic rings. The lowest BCUT2D eigenvalue weighted by Gasteiger charge is -2.10. The van der Waals surface area contributed by atoms with Crippen LogP contribution in [-0.4, -0.2) is 21.4 Å². The van der Waals surface area contributed by atoms with Crippen LogP contribution in [0.4, 0.5) is 11.4 Å². The largest absolute Gasteiger partial charge is 0.322 e. The molecular weight excluding hydrogens is 396 g/mol. The number of thiophene rings is 1. The highest BCUT2D eigenvalue weighted by atomic mass is 32.1. The van der Waals surface area contributed by atoms with E-state index in [2.05, 4.69) is 15.6 Å². The second kappa shape index (κ2) is 8.34. The summed E-state index contributed by atoms with van der Waals surface area (Å²) in [5.74, 6) is 0.379. The van der Waals surface area contributed by atoms with Crippen LogP contribution in [0.2, 0.25) is 0 Å². The van der Waals surface area contributed by atoms with Crippen molar-refractivity contribution in [2.45, 2.75) is 13.8 Å². The summed E-state index contributed by atoms with van der Waals surface area (Å²) in [5.41, 5.74) is 3.53. The van der Waals surface area contributed by atoms with Crippen LogP contribution in [0.15, 0.2) is 72.2 Å². The van der Waals surface area contributed by atoms with Gasteiger partial charge in [-0.2, -0.15) is 0 Å². The molecule has 0 fully saturated rings. The molecule has 1 aromatic carbocycles. The van der Waals surface area contributed by atoms with Crippen molar-refractivity contribution in [3.8, 4) is 5.82 Å². The van der Waals surface area contributed by atoms with Crippen LogP contribution in [0, 0.1) is 13.8 Å². The van der Waals surface area contributed by atoms with Crippen LogP contribution in [0.5, 0.6) is 0 Å². The van der Waals surface area contributed by atoms with Gasteiger partial charge in [-0.25, -0.2) is 4.98 Å². The predicted molar refractivity (Wildman–Crippen MR) is 120 cm³/mol. The summed E-state index contributed by atoms with van der Waals surface area (Å²) < 4.78 is 1.95. The maximum Gasteiger partial charge on any atom is 0.265 e. The van der Waals surface area contributed by atoms with E-state index in [4.69, 9.17) is 0 Å². The number of aromatic nitrogens is 2. The molecule has 0 unspecified atom stereocenters. The molecule has 0 saturated carbocycles. The Bertz CT molecular complexity index is 1200. The number of amides is 2. The van der Waals surface area contributed by atoms with Crippen LogP contribution in [-0.2, 0) is 0 Å². The number of carbonyl (C=O) groups is 2.